The van der Waals surface area contributed by atoms with Gasteiger partial charge in [-0.2, -0.15) is 0 Å². The van der Waals surface area contributed by atoms with Crippen molar-refractivity contribution in [2.24, 2.45) is 11.8 Å². The number of epoxide rings is 2. The molecule has 4 fully saturated rings. The molecule has 1 saturated carbocycles. The van der Waals surface area contributed by atoms with E-state index in [0.717, 1.165) is 38.9 Å². The fraction of sp³-hybridized carbons (Fsp3) is 0.846. The second-order valence-electron chi connectivity index (χ2n) is 6.26. The van der Waals surface area contributed by atoms with Crippen molar-refractivity contribution in [3.8, 4) is 0 Å². The predicted molar refractivity (Wildman–Crippen MR) is 64.3 cm³/mol. The highest BCUT2D eigenvalue weighted by Gasteiger charge is 2.58. The van der Waals surface area contributed by atoms with Crippen molar-refractivity contribution in [3.05, 3.63) is 0 Å². The zero-order chi connectivity index (χ0) is 13.0. The molecular weight excluding hydrogens is 248 g/mol. The Morgan fingerprint density at radius 1 is 1.16 bits per heavy atom. The zero-order valence-electron chi connectivity index (χ0n) is 10.7. The molecule has 19 heavy (non-hydrogen) atoms. The molecule has 3 amide bonds. The van der Waals surface area contributed by atoms with Gasteiger partial charge in [0, 0.05) is 0 Å². The van der Waals surface area contributed by atoms with Gasteiger partial charge in [0.05, 0.1) is 25.4 Å². The third-order valence-corrected chi connectivity index (χ3v) is 4.84. The van der Waals surface area contributed by atoms with Crippen LogP contribution in [0.4, 0.5) is 4.79 Å². The Morgan fingerprint density at radius 2 is 1.84 bits per heavy atom. The van der Waals surface area contributed by atoms with Crippen molar-refractivity contribution in [1.82, 2.24) is 10.6 Å². The van der Waals surface area contributed by atoms with Crippen LogP contribution in [0.15, 0.2) is 0 Å². The van der Waals surface area contributed by atoms with Crippen LogP contribution < -0.4 is 10.6 Å². The van der Waals surface area contributed by atoms with Gasteiger partial charge in [-0.25, -0.2) is 4.79 Å². The van der Waals surface area contributed by atoms with E-state index < -0.39 is 5.54 Å². The van der Waals surface area contributed by atoms with E-state index in [1.807, 2.05) is 0 Å². The predicted octanol–water partition coefficient (Wildman–Crippen LogP) is 0.169. The number of hydrogen-bond acceptors (Lipinski definition) is 4. The molecule has 1 spiro atoms. The minimum atomic E-state index is -0.692. The molecule has 1 aliphatic carbocycles. The smallest absolute Gasteiger partial charge is 0.322 e. The van der Waals surface area contributed by atoms with Gasteiger partial charge < -0.3 is 14.8 Å². The van der Waals surface area contributed by atoms with Gasteiger partial charge in [-0.05, 0) is 37.5 Å². The highest BCUT2D eigenvalue weighted by Crippen LogP contribution is 2.47. The Morgan fingerprint density at radius 3 is 2.42 bits per heavy atom. The highest BCUT2D eigenvalue weighted by atomic mass is 16.6. The molecular formula is C13H18N2O4. The lowest BCUT2D eigenvalue weighted by molar-refractivity contribution is -0.125. The average Bonchev–Trinajstić information content (AvgIpc) is 3.22. The standard InChI is InChI=1S/C13H18N2O4/c16-11-13(15-12(17)14-11)4-7(2-9-5-18-9)1-8(13)3-10-6-19-10/h7-10H,1-6H2,(H2,14,15,16,17). The third kappa shape index (κ3) is 2.03. The van der Waals surface area contributed by atoms with Crippen LogP contribution in [0.1, 0.15) is 25.7 Å². The van der Waals surface area contributed by atoms with Crippen LogP contribution >= 0.6 is 0 Å². The molecule has 0 radical (unpaired) electrons. The first-order valence-corrected chi connectivity index (χ1v) is 7.02. The summed E-state index contributed by atoms with van der Waals surface area (Å²) >= 11 is 0. The van der Waals surface area contributed by atoms with Crippen molar-refractivity contribution in [3.63, 3.8) is 0 Å². The first-order valence-electron chi connectivity index (χ1n) is 7.02. The minimum absolute atomic E-state index is 0.151. The van der Waals surface area contributed by atoms with Crippen LogP contribution in [0.2, 0.25) is 0 Å². The van der Waals surface area contributed by atoms with Gasteiger partial charge in [0.1, 0.15) is 5.54 Å². The van der Waals surface area contributed by atoms with Crippen molar-refractivity contribution < 1.29 is 19.1 Å². The fourth-order valence-corrected chi connectivity index (χ4v) is 3.82. The SMILES string of the molecule is O=C1NC(=O)C2(CC(CC3CO3)CC2CC2CO2)N1. The van der Waals surface area contributed by atoms with Crippen LogP contribution in [0.3, 0.4) is 0 Å². The Hall–Kier alpha value is -1.14. The monoisotopic (exact) mass is 266 g/mol. The van der Waals surface area contributed by atoms with Crippen LogP contribution in [-0.4, -0.2) is 42.9 Å². The van der Waals surface area contributed by atoms with E-state index in [-0.39, 0.29) is 24.0 Å². The molecule has 0 aromatic carbocycles. The molecule has 5 unspecified atom stereocenters. The number of imide groups is 1. The maximum absolute atomic E-state index is 12.2. The maximum Gasteiger partial charge on any atom is 0.322 e. The summed E-state index contributed by atoms with van der Waals surface area (Å²) in [4.78, 5) is 23.7. The highest BCUT2D eigenvalue weighted by molar-refractivity contribution is 6.07. The van der Waals surface area contributed by atoms with Gasteiger partial charge in [-0.3, -0.25) is 10.1 Å². The number of carbonyl (C=O) groups excluding carboxylic acids is 2. The molecule has 3 heterocycles. The largest absolute Gasteiger partial charge is 0.373 e. The van der Waals surface area contributed by atoms with Crippen LogP contribution in [0.25, 0.3) is 0 Å². The van der Waals surface area contributed by atoms with Crippen molar-refractivity contribution in [2.45, 2.75) is 43.4 Å². The zero-order valence-corrected chi connectivity index (χ0v) is 10.7. The summed E-state index contributed by atoms with van der Waals surface area (Å²) < 4.78 is 10.6. The van der Waals surface area contributed by atoms with E-state index in [9.17, 15) is 9.59 Å². The summed E-state index contributed by atoms with van der Waals surface area (Å²) in [7, 11) is 0. The second-order valence-corrected chi connectivity index (χ2v) is 6.26. The number of nitrogens with one attached hydrogen (secondary N) is 2. The maximum atomic E-state index is 12.2. The Bertz CT molecular complexity index is 432. The van der Waals surface area contributed by atoms with Gasteiger partial charge in [0.2, 0.25) is 0 Å². The quantitative estimate of drug-likeness (QED) is 0.561. The van der Waals surface area contributed by atoms with Gasteiger partial charge in [0.25, 0.3) is 5.91 Å². The number of ether oxygens (including phenoxy) is 2. The van der Waals surface area contributed by atoms with Crippen LogP contribution in [0.5, 0.6) is 0 Å². The lowest BCUT2D eigenvalue weighted by Gasteiger charge is -2.27. The van der Waals surface area contributed by atoms with Crippen LogP contribution in [-0.2, 0) is 14.3 Å². The Labute approximate surface area is 111 Å². The van der Waals surface area contributed by atoms with E-state index in [2.05, 4.69) is 10.6 Å². The van der Waals surface area contributed by atoms with E-state index >= 15 is 0 Å². The first kappa shape index (κ1) is 11.7. The van der Waals surface area contributed by atoms with Gasteiger partial charge in [0.15, 0.2) is 0 Å². The molecule has 5 atom stereocenters. The molecule has 4 rings (SSSR count). The minimum Gasteiger partial charge on any atom is -0.373 e. The number of urea groups is 1. The van der Waals surface area contributed by atoms with E-state index in [0.29, 0.717) is 12.0 Å². The lowest BCUT2D eigenvalue weighted by atomic mass is 9.84. The Balaban J connectivity index is 1.54. The second kappa shape index (κ2) is 3.93. The molecule has 0 bridgehead atoms. The fourth-order valence-electron chi connectivity index (χ4n) is 3.82. The summed E-state index contributed by atoms with van der Waals surface area (Å²) in [5, 5.41) is 5.29. The summed E-state index contributed by atoms with van der Waals surface area (Å²) in [6.45, 7) is 1.64. The first-order chi connectivity index (χ1) is 9.15. The molecule has 0 aromatic rings. The van der Waals surface area contributed by atoms with E-state index in [1.54, 1.807) is 0 Å². The molecule has 6 heteroatoms. The molecule has 6 nitrogen and oxygen atoms in total. The number of carbonyl (C=O) groups is 2. The van der Waals surface area contributed by atoms with E-state index in [4.69, 9.17) is 9.47 Å². The molecule has 104 valence electrons. The summed E-state index contributed by atoms with van der Waals surface area (Å²) in [6.07, 6.45) is 4.25. The molecule has 0 aromatic heterocycles. The van der Waals surface area contributed by atoms with Gasteiger partial charge >= 0.3 is 6.03 Å². The summed E-state index contributed by atoms with van der Waals surface area (Å²) in [5.74, 6) is 0.498. The molecule has 3 aliphatic heterocycles. The third-order valence-electron chi connectivity index (χ3n) is 4.84. The summed E-state index contributed by atoms with van der Waals surface area (Å²) in [5.41, 5.74) is -0.692. The molecule has 4 aliphatic rings. The van der Waals surface area contributed by atoms with E-state index in [1.165, 1.54) is 0 Å². The van der Waals surface area contributed by atoms with Crippen molar-refractivity contribution >= 4 is 11.9 Å². The molecule has 3 saturated heterocycles. The number of rotatable bonds is 4. The average molecular weight is 266 g/mol. The number of hydrogen-bond donors (Lipinski definition) is 2. The normalized spacial score (nSPS) is 47.4. The van der Waals surface area contributed by atoms with Gasteiger partial charge in [-0.1, -0.05) is 0 Å². The summed E-state index contributed by atoms with van der Waals surface area (Å²) in [6, 6.07) is -0.352. The van der Waals surface area contributed by atoms with Crippen molar-refractivity contribution in [2.75, 3.05) is 13.2 Å². The lowest BCUT2D eigenvalue weighted by Crippen LogP contribution is -2.50. The van der Waals surface area contributed by atoms with Crippen LogP contribution in [0, 0.1) is 11.8 Å². The van der Waals surface area contributed by atoms with Gasteiger partial charge in [-0.15, -0.1) is 0 Å². The molecule has 2 N–H and O–H groups in total. The number of amides is 3. The Kier molecular flexibility index (Phi) is 2.41. The topological polar surface area (TPSA) is 83.3 Å². The van der Waals surface area contributed by atoms with Crippen molar-refractivity contribution in [1.29, 1.82) is 0 Å².